The zero-order valence-electron chi connectivity index (χ0n) is 27.7. The Labute approximate surface area is 265 Å². The number of para-hydroxylation sites is 2. The lowest BCUT2D eigenvalue weighted by molar-refractivity contribution is 0.0687. The van der Waals surface area contributed by atoms with Gasteiger partial charge in [-0.3, -0.25) is 0 Å². The lowest BCUT2D eigenvalue weighted by atomic mass is 9.66. The van der Waals surface area contributed by atoms with Gasteiger partial charge in [0.15, 0.2) is 0 Å². The summed E-state index contributed by atoms with van der Waals surface area (Å²) in [5.74, 6) is -1.54. The molecule has 2 aromatic rings. The van der Waals surface area contributed by atoms with Crippen molar-refractivity contribution in [2.45, 2.75) is 110 Å². The third-order valence-corrected chi connectivity index (χ3v) is 9.19. The van der Waals surface area contributed by atoms with Gasteiger partial charge in [0.1, 0.15) is 22.6 Å². The molecule has 7 nitrogen and oxygen atoms in total. The van der Waals surface area contributed by atoms with Crippen LogP contribution in [0.1, 0.15) is 137 Å². The molecule has 0 amide bonds. The van der Waals surface area contributed by atoms with Crippen LogP contribution in [0.15, 0.2) is 36.4 Å². The predicted molar refractivity (Wildman–Crippen MR) is 179 cm³/mol. The van der Waals surface area contributed by atoms with E-state index < -0.39 is 17.4 Å². The van der Waals surface area contributed by atoms with Crippen LogP contribution in [-0.2, 0) is 5.41 Å². The molecule has 0 atom stereocenters. The molecule has 7 heteroatoms. The number of fused-ring (bicyclic) bond motifs is 2. The van der Waals surface area contributed by atoms with Gasteiger partial charge in [0.25, 0.3) is 0 Å². The first-order valence-electron chi connectivity index (χ1n) is 17.2. The summed E-state index contributed by atoms with van der Waals surface area (Å²) in [6, 6.07) is 10.8. The number of ether oxygens (including phenoxy) is 1. The quantitative estimate of drug-likeness (QED) is 0.138. The van der Waals surface area contributed by atoms with E-state index in [1.54, 1.807) is 12.1 Å². The van der Waals surface area contributed by atoms with Crippen molar-refractivity contribution in [2.75, 3.05) is 39.3 Å². The summed E-state index contributed by atoms with van der Waals surface area (Å²) in [5, 5.41) is 20.3. The van der Waals surface area contributed by atoms with Crippen LogP contribution in [0.5, 0.6) is 11.5 Å². The van der Waals surface area contributed by atoms with Crippen molar-refractivity contribution in [1.82, 2.24) is 9.80 Å². The van der Waals surface area contributed by atoms with E-state index in [1.807, 2.05) is 24.3 Å². The molecule has 0 aromatic heterocycles. The second-order valence-corrected chi connectivity index (χ2v) is 12.5. The molecule has 0 fully saturated rings. The summed E-state index contributed by atoms with van der Waals surface area (Å²) in [7, 11) is 0. The van der Waals surface area contributed by atoms with Gasteiger partial charge in [-0.1, -0.05) is 77.6 Å². The molecule has 244 valence electrons. The highest BCUT2D eigenvalue weighted by atomic mass is 16.5. The number of carboxylic acids is 2. The Balaban J connectivity index is 2.07. The summed E-state index contributed by atoms with van der Waals surface area (Å²) in [6.07, 6.45) is 12.8. The monoisotopic (exact) mass is 608 g/mol. The number of nitrogens with zero attached hydrogens (tertiary/aromatic N) is 2. The molecule has 44 heavy (non-hydrogen) atoms. The second-order valence-electron chi connectivity index (χ2n) is 12.5. The van der Waals surface area contributed by atoms with Crippen LogP contribution in [0.2, 0.25) is 0 Å². The number of carboxylic acid groups (broad SMARTS) is 2. The lowest BCUT2D eigenvalue weighted by Gasteiger charge is -2.42. The molecule has 0 bridgehead atoms. The van der Waals surface area contributed by atoms with Crippen molar-refractivity contribution in [2.24, 2.45) is 0 Å². The average Bonchev–Trinajstić information content (AvgIpc) is 3.02. The molecule has 0 saturated carbocycles. The van der Waals surface area contributed by atoms with Crippen LogP contribution in [0.4, 0.5) is 0 Å². The highest BCUT2D eigenvalue weighted by molar-refractivity contribution is 5.95. The predicted octanol–water partition coefficient (Wildman–Crippen LogP) is 8.84. The van der Waals surface area contributed by atoms with E-state index in [9.17, 15) is 19.8 Å². The van der Waals surface area contributed by atoms with Gasteiger partial charge in [-0.25, -0.2) is 9.59 Å². The van der Waals surface area contributed by atoms with E-state index >= 15 is 0 Å². The Bertz CT molecular complexity index is 1090. The van der Waals surface area contributed by atoms with Gasteiger partial charge in [0.05, 0.1) is 0 Å². The van der Waals surface area contributed by atoms with Crippen molar-refractivity contribution in [3.8, 4) is 11.5 Å². The molecular weight excluding hydrogens is 552 g/mol. The largest absolute Gasteiger partial charge is 0.478 e. The lowest BCUT2D eigenvalue weighted by Crippen LogP contribution is -2.36. The molecule has 0 saturated heterocycles. The zero-order chi connectivity index (χ0) is 32.0. The first-order chi connectivity index (χ1) is 21.3. The molecule has 0 unspecified atom stereocenters. The van der Waals surface area contributed by atoms with E-state index in [0.29, 0.717) is 11.5 Å². The normalized spacial score (nSPS) is 13.5. The summed E-state index contributed by atoms with van der Waals surface area (Å²) in [6.45, 7) is 15.2. The smallest absolute Gasteiger partial charge is 0.339 e. The van der Waals surface area contributed by atoms with Gasteiger partial charge in [0, 0.05) is 16.5 Å². The van der Waals surface area contributed by atoms with Gasteiger partial charge in [-0.05, 0) is 103 Å². The van der Waals surface area contributed by atoms with Crippen LogP contribution >= 0.6 is 0 Å². The van der Waals surface area contributed by atoms with Crippen molar-refractivity contribution >= 4 is 11.9 Å². The number of rotatable bonds is 22. The molecule has 0 aliphatic carbocycles. The van der Waals surface area contributed by atoms with E-state index in [0.717, 1.165) is 102 Å². The maximum atomic E-state index is 12.4. The minimum absolute atomic E-state index is 0.0813. The summed E-state index contributed by atoms with van der Waals surface area (Å²) >= 11 is 0. The number of hydrogen-bond donors (Lipinski definition) is 2. The molecule has 2 N–H and O–H groups in total. The molecule has 0 radical (unpaired) electrons. The molecule has 1 aliphatic rings. The van der Waals surface area contributed by atoms with Crippen molar-refractivity contribution in [3.63, 3.8) is 0 Å². The highest BCUT2D eigenvalue weighted by Gasteiger charge is 2.44. The van der Waals surface area contributed by atoms with E-state index in [-0.39, 0.29) is 11.1 Å². The number of benzene rings is 2. The molecular formula is C37H56N2O5. The third-order valence-electron chi connectivity index (χ3n) is 9.19. The topological polar surface area (TPSA) is 90.3 Å². The Hall–Kier alpha value is -2.90. The zero-order valence-corrected chi connectivity index (χ0v) is 27.7. The Morgan fingerprint density at radius 2 is 0.932 bits per heavy atom. The molecule has 3 rings (SSSR count). The number of hydrogen-bond acceptors (Lipinski definition) is 5. The van der Waals surface area contributed by atoms with Crippen LogP contribution in [0.25, 0.3) is 0 Å². The van der Waals surface area contributed by atoms with Crippen molar-refractivity contribution in [3.05, 3.63) is 58.7 Å². The van der Waals surface area contributed by atoms with E-state index in [1.165, 1.54) is 25.7 Å². The maximum absolute atomic E-state index is 12.4. The van der Waals surface area contributed by atoms with Gasteiger partial charge in [-0.2, -0.15) is 0 Å². The van der Waals surface area contributed by atoms with Crippen LogP contribution in [-0.4, -0.2) is 71.2 Å². The number of carbonyl (C=O) groups is 2. The Morgan fingerprint density at radius 1 is 0.591 bits per heavy atom. The summed E-state index contributed by atoms with van der Waals surface area (Å²) < 4.78 is 6.30. The fourth-order valence-electron chi connectivity index (χ4n) is 6.70. The van der Waals surface area contributed by atoms with Gasteiger partial charge < -0.3 is 24.7 Å². The summed E-state index contributed by atoms with van der Waals surface area (Å²) in [5.41, 5.74) is 1.35. The summed E-state index contributed by atoms with van der Waals surface area (Å²) in [4.78, 5) is 30.0. The maximum Gasteiger partial charge on any atom is 0.339 e. The second kappa shape index (κ2) is 18.2. The van der Waals surface area contributed by atoms with Crippen molar-refractivity contribution < 1.29 is 24.5 Å². The molecule has 1 aliphatic heterocycles. The fourth-order valence-corrected chi connectivity index (χ4v) is 6.70. The van der Waals surface area contributed by atoms with Crippen LogP contribution in [0.3, 0.4) is 0 Å². The first-order valence-corrected chi connectivity index (χ1v) is 17.2. The molecule has 2 aromatic carbocycles. The minimum Gasteiger partial charge on any atom is -0.478 e. The third kappa shape index (κ3) is 9.07. The van der Waals surface area contributed by atoms with E-state index in [2.05, 4.69) is 37.5 Å². The standard InChI is InChI=1S/C37H56N2O5/c1-5-9-23-38(24-10-6-2)27-15-21-37(22-16-28-39(25-11-7-3)26-12-8-4)31-19-13-17-29(35(40)41)33(31)44-34-30(36(42)43)18-14-20-32(34)37/h13-14,17-20H,5-12,15-16,21-28H2,1-4H3,(H,40,41)(H,42,43). The Kier molecular flexibility index (Phi) is 14.7. The number of aromatic carboxylic acids is 2. The minimum atomic E-state index is -1.07. The molecule has 1 heterocycles. The van der Waals surface area contributed by atoms with Crippen molar-refractivity contribution in [1.29, 1.82) is 0 Å². The first kappa shape index (κ1) is 35.6. The highest BCUT2D eigenvalue weighted by Crippen LogP contribution is 2.54. The van der Waals surface area contributed by atoms with Gasteiger partial charge >= 0.3 is 11.9 Å². The fraction of sp³-hybridized carbons (Fsp3) is 0.622. The Morgan fingerprint density at radius 3 is 1.25 bits per heavy atom. The van der Waals surface area contributed by atoms with E-state index in [4.69, 9.17) is 4.74 Å². The van der Waals surface area contributed by atoms with Gasteiger partial charge in [0.2, 0.25) is 0 Å². The van der Waals surface area contributed by atoms with Crippen LogP contribution < -0.4 is 4.74 Å². The molecule has 0 spiro atoms. The van der Waals surface area contributed by atoms with Gasteiger partial charge in [-0.15, -0.1) is 0 Å². The average molecular weight is 609 g/mol. The number of unbranched alkanes of at least 4 members (excludes halogenated alkanes) is 4. The van der Waals surface area contributed by atoms with Crippen LogP contribution in [0, 0.1) is 0 Å². The SMILES string of the molecule is CCCCN(CCCC)CCCC1(CCCN(CCCC)CCCC)c2cccc(C(=O)O)c2Oc2c(C(=O)O)cccc21.